The standard InChI is InChI=1S/C15H21NO3/c1-10-8-11(2)19-9-15(10,16)13-6-4-12(5-7-13)14(17)18-3/h4-7,10-11H,8-9,16H2,1-3H3. The summed E-state index contributed by atoms with van der Waals surface area (Å²) in [7, 11) is 1.37. The Labute approximate surface area is 113 Å². The van der Waals surface area contributed by atoms with Crippen LogP contribution in [0.15, 0.2) is 24.3 Å². The summed E-state index contributed by atoms with van der Waals surface area (Å²) in [5, 5.41) is 0. The lowest BCUT2D eigenvalue weighted by molar-refractivity contribution is -0.0484. The Morgan fingerprint density at radius 1 is 1.37 bits per heavy atom. The predicted octanol–water partition coefficient (Wildman–Crippen LogP) is 2.07. The van der Waals surface area contributed by atoms with Gasteiger partial charge in [0, 0.05) is 0 Å². The highest BCUT2D eigenvalue weighted by Crippen LogP contribution is 2.35. The average Bonchev–Trinajstić information content (AvgIpc) is 2.42. The fourth-order valence-electron chi connectivity index (χ4n) is 2.60. The van der Waals surface area contributed by atoms with Gasteiger partial charge in [-0.05, 0) is 37.0 Å². The van der Waals surface area contributed by atoms with Crippen molar-refractivity contribution in [2.24, 2.45) is 11.7 Å². The third-order valence-corrected chi connectivity index (χ3v) is 4.02. The molecule has 0 spiro atoms. The summed E-state index contributed by atoms with van der Waals surface area (Å²) in [5.41, 5.74) is 7.55. The first-order chi connectivity index (χ1) is 8.97. The lowest BCUT2D eigenvalue weighted by Gasteiger charge is -2.42. The minimum absolute atomic E-state index is 0.251. The van der Waals surface area contributed by atoms with Crippen molar-refractivity contribution in [1.82, 2.24) is 0 Å². The summed E-state index contributed by atoms with van der Waals surface area (Å²) < 4.78 is 10.4. The Bertz CT molecular complexity index is 457. The topological polar surface area (TPSA) is 61.5 Å². The monoisotopic (exact) mass is 263 g/mol. The fraction of sp³-hybridized carbons (Fsp3) is 0.533. The van der Waals surface area contributed by atoms with E-state index in [4.69, 9.17) is 10.5 Å². The number of nitrogens with two attached hydrogens (primary N) is 1. The number of hydrogen-bond donors (Lipinski definition) is 1. The van der Waals surface area contributed by atoms with Crippen molar-refractivity contribution in [2.45, 2.75) is 31.9 Å². The number of carbonyl (C=O) groups excluding carboxylic acids is 1. The van der Waals surface area contributed by atoms with Gasteiger partial charge in [0.05, 0.1) is 30.9 Å². The molecule has 2 rings (SSSR count). The molecule has 3 atom stereocenters. The maximum Gasteiger partial charge on any atom is 0.337 e. The second-order valence-electron chi connectivity index (χ2n) is 5.37. The third kappa shape index (κ3) is 2.65. The molecule has 3 unspecified atom stereocenters. The van der Waals surface area contributed by atoms with E-state index in [0.29, 0.717) is 18.1 Å². The zero-order valence-electron chi connectivity index (χ0n) is 11.7. The molecule has 1 aliphatic heterocycles. The van der Waals surface area contributed by atoms with Crippen LogP contribution in [0.4, 0.5) is 0 Å². The Morgan fingerprint density at radius 3 is 2.53 bits per heavy atom. The van der Waals surface area contributed by atoms with Gasteiger partial charge in [-0.1, -0.05) is 19.1 Å². The highest BCUT2D eigenvalue weighted by molar-refractivity contribution is 5.89. The average molecular weight is 263 g/mol. The molecule has 0 radical (unpaired) electrons. The van der Waals surface area contributed by atoms with Gasteiger partial charge in [0.2, 0.25) is 0 Å². The van der Waals surface area contributed by atoms with Gasteiger partial charge in [0.15, 0.2) is 0 Å². The van der Waals surface area contributed by atoms with Crippen LogP contribution in [-0.2, 0) is 15.0 Å². The molecule has 1 fully saturated rings. The summed E-state index contributed by atoms with van der Waals surface area (Å²) in [6.45, 7) is 4.72. The molecule has 19 heavy (non-hydrogen) atoms. The van der Waals surface area contributed by atoms with Gasteiger partial charge in [-0.3, -0.25) is 0 Å². The molecule has 0 bridgehead atoms. The van der Waals surface area contributed by atoms with Gasteiger partial charge >= 0.3 is 5.97 Å². The summed E-state index contributed by atoms with van der Waals surface area (Å²) in [6, 6.07) is 7.28. The summed E-state index contributed by atoms with van der Waals surface area (Å²) in [5.74, 6) is -0.000544. The van der Waals surface area contributed by atoms with E-state index in [-0.39, 0.29) is 12.1 Å². The van der Waals surface area contributed by atoms with Crippen LogP contribution in [-0.4, -0.2) is 25.8 Å². The van der Waals surface area contributed by atoms with E-state index >= 15 is 0 Å². The van der Waals surface area contributed by atoms with Crippen molar-refractivity contribution < 1.29 is 14.3 Å². The molecule has 1 aromatic carbocycles. The van der Waals surface area contributed by atoms with Crippen LogP contribution in [0.1, 0.15) is 36.2 Å². The molecule has 0 amide bonds. The van der Waals surface area contributed by atoms with Crippen molar-refractivity contribution in [3.63, 3.8) is 0 Å². The quantitative estimate of drug-likeness (QED) is 0.830. The van der Waals surface area contributed by atoms with E-state index in [2.05, 4.69) is 18.6 Å². The van der Waals surface area contributed by atoms with Gasteiger partial charge < -0.3 is 15.2 Å². The van der Waals surface area contributed by atoms with Crippen LogP contribution >= 0.6 is 0 Å². The van der Waals surface area contributed by atoms with Crippen molar-refractivity contribution in [3.8, 4) is 0 Å². The molecule has 4 nitrogen and oxygen atoms in total. The van der Waals surface area contributed by atoms with Gasteiger partial charge in [-0.15, -0.1) is 0 Å². The van der Waals surface area contributed by atoms with Crippen LogP contribution in [0, 0.1) is 5.92 Å². The molecule has 4 heteroatoms. The van der Waals surface area contributed by atoms with Crippen LogP contribution in [0.2, 0.25) is 0 Å². The minimum Gasteiger partial charge on any atom is -0.465 e. The second kappa shape index (κ2) is 5.31. The third-order valence-electron chi connectivity index (χ3n) is 4.02. The lowest BCUT2D eigenvalue weighted by Crippen LogP contribution is -2.52. The first kappa shape index (κ1) is 14.0. The molecular formula is C15H21NO3. The number of methoxy groups -OCH3 is 1. The summed E-state index contributed by atoms with van der Waals surface area (Å²) in [4.78, 5) is 11.4. The first-order valence-corrected chi connectivity index (χ1v) is 6.56. The Kier molecular flexibility index (Phi) is 3.92. The van der Waals surface area contributed by atoms with Gasteiger partial charge in [0.1, 0.15) is 0 Å². The normalized spacial score (nSPS) is 30.9. The Balaban J connectivity index is 2.24. The molecular weight excluding hydrogens is 242 g/mol. The molecule has 1 saturated heterocycles. The molecule has 2 N–H and O–H groups in total. The highest BCUT2D eigenvalue weighted by atomic mass is 16.5. The van der Waals surface area contributed by atoms with E-state index in [0.717, 1.165) is 12.0 Å². The maximum atomic E-state index is 11.4. The van der Waals surface area contributed by atoms with Crippen LogP contribution in [0.5, 0.6) is 0 Å². The Hall–Kier alpha value is -1.39. The summed E-state index contributed by atoms with van der Waals surface area (Å²) in [6.07, 6.45) is 1.19. The number of benzene rings is 1. The molecule has 1 heterocycles. The zero-order valence-corrected chi connectivity index (χ0v) is 11.7. The van der Waals surface area contributed by atoms with Crippen molar-refractivity contribution in [3.05, 3.63) is 35.4 Å². The van der Waals surface area contributed by atoms with E-state index in [9.17, 15) is 4.79 Å². The largest absolute Gasteiger partial charge is 0.465 e. The molecule has 104 valence electrons. The number of esters is 1. The smallest absolute Gasteiger partial charge is 0.337 e. The minimum atomic E-state index is -0.485. The van der Waals surface area contributed by atoms with Gasteiger partial charge in [0.25, 0.3) is 0 Å². The molecule has 0 aromatic heterocycles. The number of ether oxygens (including phenoxy) is 2. The predicted molar refractivity (Wildman–Crippen MR) is 72.8 cm³/mol. The van der Waals surface area contributed by atoms with E-state index in [1.807, 2.05) is 12.1 Å². The lowest BCUT2D eigenvalue weighted by atomic mass is 9.76. The maximum absolute atomic E-state index is 11.4. The van der Waals surface area contributed by atoms with Crippen molar-refractivity contribution >= 4 is 5.97 Å². The molecule has 0 saturated carbocycles. The number of hydrogen-bond acceptors (Lipinski definition) is 4. The van der Waals surface area contributed by atoms with Gasteiger partial charge in [-0.25, -0.2) is 4.79 Å². The fourth-order valence-corrected chi connectivity index (χ4v) is 2.60. The van der Waals surface area contributed by atoms with Crippen LogP contribution in [0.25, 0.3) is 0 Å². The van der Waals surface area contributed by atoms with Crippen molar-refractivity contribution in [1.29, 1.82) is 0 Å². The van der Waals surface area contributed by atoms with E-state index < -0.39 is 5.54 Å². The zero-order chi connectivity index (χ0) is 14.0. The number of rotatable bonds is 2. The molecule has 0 aliphatic carbocycles. The van der Waals surface area contributed by atoms with E-state index in [1.54, 1.807) is 12.1 Å². The van der Waals surface area contributed by atoms with E-state index in [1.165, 1.54) is 7.11 Å². The first-order valence-electron chi connectivity index (χ1n) is 6.56. The number of carbonyl (C=O) groups is 1. The van der Waals surface area contributed by atoms with Crippen molar-refractivity contribution in [2.75, 3.05) is 13.7 Å². The molecule has 1 aromatic rings. The Morgan fingerprint density at radius 2 is 2.00 bits per heavy atom. The van der Waals surface area contributed by atoms with Gasteiger partial charge in [-0.2, -0.15) is 0 Å². The summed E-state index contributed by atoms with van der Waals surface area (Å²) >= 11 is 0. The molecule has 1 aliphatic rings. The SMILES string of the molecule is COC(=O)c1ccc(C2(N)COC(C)CC2C)cc1. The highest BCUT2D eigenvalue weighted by Gasteiger charge is 2.39. The van der Waals surface area contributed by atoms with Crippen LogP contribution < -0.4 is 5.73 Å². The second-order valence-corrected chi connectivity index (χ2v) is 5.37. The van der Waals surface area contributed by atoms with Crippen LogP contribution in [0.3, 0.4) is 0 Å².